The highest BCUT2D eigenvalue weighted by atomic mass is 16.2. The molecule has 1 aromatic carbocycles. The van der Waals surface area contributed by atoms with Crippen molar-refractivity contribution in [1.29, 1.82) is 0 Å². The molecule has 2 fully saturated rings. The third kappa shape index (κ3) is 4.21. The van der Waals surface area contributed by atoms with Crippen molar-refractivity contribution in [2.75, 3.05) is 36.0 Å². The molecule has 0 unspecified atom stereocenters. The van der Waals surface area contributed by atoms with Crippen molar-refractivity contribution in [3.05, 3.63) is 47.2 Å². The summed E-state index contributed by atoms with van der Waals surface area (Å²) >= 11 is 0. The van der Waals surface area contributed by atoms with Crippen LogP contribution < -0.4 is 9.80 Å². The average molecular weight is 463 g/mol. The SMILES string of the molecule is CC(=O)N1CCN(c2nc3c(c(N(Cc4ccccc4)C4CCC4)n2)CN(C(C)C)C3=O)CC1. The molecule has 3 heterocycles. The van der Waals surface area contributed by atoms with Crippen molar-refractivity contribution >= 4 is 23.6 Å². The number of anilines is 2. The number of hydrogen-bond donors (Lipinski definition) is 0. The summed E-state index contributed by atoms with van der Waals surface area (Å²) in [6.07, 6.45) is 3.50. The maximum atomic E-state index is 13.3. The molecule has 8 heteroatoms. The van der Waals surface area contributed by atoms with E-state index in [1.807, 2.05) is 29.7 Å². The summed E-state index contributed by atoms with van der Waals surface area (Å²) in [5.74, 6) is 1.59. The molecule has 5 rings (SSSR count). The number of rotatable bonds is 6. The average Bonchev–Trinajstić information content (AvgIpc) is 3.14. The molecule has 8 nitrogen and oxygen atoms in total. The van der Waals surface area contributed by atoms with E-state index >= 15 is 0 Å². The summed E-state index contributed by atoms with van der Waals surface area (Å²) in [6.45, 7) is 9.66. The molecule has 2 amide bonds. The fraction of sp³-hybridized carbons (Fsp3) is 0.538. The van der Waals surface area contributed by atoms with Gasteiger partial charge in [0.2, 0.25) is 11.9 Å². The molecule has 2 aromatic rings. The Morgan fingerprint density at radius 3 is 2.38 bits per heavy atom. The van der Waals surface area contributed by atoms with E-state index in [1.54, 1.807) is 6.92 Å². The van der Waals surface area contributed by atoms with Crippen LogP contribution in [0, 0.1) is 0 Å². The minimum absolute atomic E-state index is 0.00876. The normalized spacial score (nSPS) is 18.4. The van der Waals surface area contributed by atoms with Crippen LogP contribution in [0.1, 0.15) is 61.6 Å². The minimum atomic E-state index is -0.00876. The van der Waals surface area contributed by atoms with Gasteiger partial charge in [0.1, 0.15) is 11.5 Å². The Balaban J connectivity index is 1.54. The van der Waals surface area contributed by atoms with E-state index in [2.05, 4.69) is 34.1 Å². The first-order valence-electron chi connectivity index (χ1n) is 12.4. The van der Waals surface area contributed by atoms with Crippen LogP contribution in [0.2, 0.25) is 0 Å². The zero-order chi connectivity index (χ0) is 23.8. The standard InChI is InChI=1S/C26H34N6O2/c1-18(2)31-17-22-23(25(31)34)27-26(30-14-12-29(13-15-30)19(3)33)28-24(22)32(21-10-7-11-21)16-20-8-5-4-6-9-20/h4-6,8-9,18,21H,7,10-17H2,1-3H3. The number of fused-ring (bicyclic) bond motifs is 1. The minimum Gasteiger partial charge on any atom is -0.349 e. The lowest BCUT2D eigenvalue weighted by molar-refractivity contribution is -0.129. The number of piperazine rings is 1. The van der Waals surface area contributed by atoms with Crippen molar-refractivity contribution in [1.82, 2.24) is 19.8 Å². The van der Waals surface area contributed by atoms with Crippen molar-refractivity contribution in [3.63, 3.8) is 0 Å². The first kappa shape index (κ1) is 22.6. The summed E-state index contributed by atoms with van der Waals surface area (Å²) in [5.41, 5.74) is 2.73. The molecule has 0 spiro atoms. The summed E-state index contributed by atoms with van der Waals surface area (Å²) in [4.78, 5) is 43.3. The van der Waals surface area contributed by atoms with E-state index in [-0.39, 0.29) is 17.9 Å². The smallest absolute Gasteiger partial charge is 0.273 e. The van der Waals surface area contributed by atoms with Gasteiger partial charge >= 0.3 is 0 Å². The van der Waals surface area contributed by atoms with Gasteiger partial charge in [0.25, 0.3) is 5.91 Å². The van der Waals surface area contributed by atoms with Crippen LogP contribution in [0.4, 0.5) is 11.8 Å². The van der Waals surface area contributed by atoms with Crippen LogP contribution in [0.3, 0.4) is 0 Å². The van der Waals surface area contributed by atoms with Gasteiger partial charge in [0.15, 0.2) is 0 Å². The third-order valence-corrected chi connectivity index (χ3v) is 7.38. The molecule has 3 aliphatic rings. The van der Waals surface area contributed by atoms with Gasteiger partial charge in [-0.3, -0.25) is 9.59 Å². The maximum absolute atomic E-state index is 13.3. The Labute approximate surface area is 201 Å². The predicted molar refractivity (Wildman–Crippen MR) is 132 cm³/mol. The summed E-state index contributed by atoms with van der Waals surface area (Å²) < 4.78 is 0. The van der Waals surface area contributed by atoms with Crippen molar-refractivity contribution in [2.24, 2.45) is 0 Å². The highest BCUT2D eigenvalue weighted by Crippen LogP contribution is 2.37. The molecule has 0 N–H and O–H groups in total. The van der Waals surface area contributed by atoms with Gasteiger partial charge in [0, 0.05) is 57.3 Å². The van der Waals surface area contributed by atoms with Crippen LogP contribution in [-0.2, 0) is 17.9 Å². The maximum Gasteiger partial charge on any atom is 0.273 e. The molecule has 0 bridgehead atoms. The van der Waals surface area contributed by atoms with E-state index in [9.17, 15) is 9.59 Å². The van der Waals surface area contributed by atoms with Crippen molar-refractivity contribution in [3.8, 4) is 0 Å². The fourth-order valence-corrected chi connectivity index (χ4v) is 5.03. The fourth-order valence-electron chi connectivity index (χ4n) is 5.03. The molecule has 2 aliphatic heterocycles. The Morgan fingerprint density at radius 1 is 1.09 bits per heavy atom. The van der Waals surface area contributed by atoms with Gasteiger partial charge in [-0.2, -0.15) is 4.98 Å². The lowest BCUT2D eigenvalue weighted by Gasteiger charge is -2.40. The van der Waals surface area contributed by atoms with E-state index < -0.39 is 0 Å². The Hall–Kier alpha value is -3.16. The predicted octanol–water partition coefficient (Wildman–Crippen LogP) is 3.07. The van der Waals surface area contributed by atoms with Crippen molar-refractivity contribution < 1.29 is 9.59 Å². The van der Waals surface area contributed by atoms with Gasteiger partial charge in [0.05, 0.1) is 6.54 Å². The number of benzene rings is 1. The molecule has 1 aromatic heterocycles. The van der Waals surface area contributed by atoms with Crippen LogP contribution in [0.5, 0.6) is 0 Å². The number of aromatic nitrogens is 2. The molecule has 180 valence electrons. The number of carbonyl (C=O) groups excluding carboxylic acids is 2. The lowest BCUT2D eigenvalue weighted by atomic mass is 9.90. The molecular formula is C26H34N6O2. The second kappa shape index (κ2) is 9.24. The molecule has 1 saturated carbocycles. The summed E-state index contributed by atoms with van der Waals surface area (Å²) in [6, 6.07) is 11.0. The molecule has 34 heavy (non-hydrogen) atoms. The van der Waals surface area contributed by atoms with Gasteiger partial charge < -0.3 is 19.6 Å². The van der Waals surface area contributed by atoms with E-state index in [0.717, 1.165) is 30.8 Å². The Morgan fingerprint density at radius 2 is 1.79 bits per heavy atom. The van der Waals surface area contributed by atoms with Crippen LogP contribution in [-0.4, -0.2) is 69.8 Å². The number of amides is 2. The molecule has 0 atom stereocenters. The van der Waals surface area contributed by atoms with Crippen molar-refractivity contribution in [2.45, 2.75) is 65.2 Å². The summed E-state index contributed by atoms with van der Waals surface area (Å²) in [7, 11) is 0. The van der Waals surface area contributed by atoms with E-state index in [4.69, 9.17) is 9.97 Å². The quantitative estimate of drug-likeness (QED) is 0.657. The van der Waals surface area contributed by atoms with E-state index in [1.165, 1.54) is 12.0 Å². The highest BCUT2D eigenvalue weighted by Gasteiger charge is 2.38. The van der Waals surface area contributed by atoms with Gasteiger partial charge in [-0.1, -0.05) is 30.3 Å². The summed E-state index contributed by atoms with van der Waals surface area (Å²) in [5, 5.41) is 0. The van der Waals surface area contributed by atoms with Crippen LogP contribution in [0.25, 0.3) is 0 Å². The lowest BCUT2D eigenvalue weighted by Crippen LogP contribution is -2.49. The highest BCUT2D eigenvalue weighted by molar-refractivity contribution is 5.98. The molecular weight excluding hydrogens is 428 g/mol. The van der Waals surface area contributed by atoms with Crippen LogP contribution in [0.15, 0.2) is 30.3 Å². The topological polar surface area (TPSA) is 72.9 Å². The molecule has 1 saturated heterocycles. The zero-order valence-corrected chi connectivity index (χ0v) is 20.4. The Bertz CT molecular complexity index is 1060. The Kier molecular flexibility index (Phi) is 6.15. The number of carbonyl (C=O) groups is 2. The monoisotopic (exact) mass is 462 g/mol. The first-order chi connectivity index (χ1) is 16.4. The third-order valence-electron chi connectivity index (χ3n) is 7.38. The number of hydrogen-bond acceptors (Lipinski definition) is 6. The second-order valence-electron chi connectivity index (χ2n) is 9.89. The molecule has 0 radical (unpaired) electrons. The largest absolute Gasteiger partial charge is 0.349 e. The number of nitrogens with zero attached hydrogens (tertiary/aromatic N) is 6. The van der Waals surface area contributed by atoms with Gasteiger partial charge in [-0.25, -0.2) is 4.98 Å². The zero-order valence-electron chi connectivity index (χ0n) is 20.4. The van der Waals surface area contributed by atoms with Crippen LogP contribution >= 0.6 is 0 Å². The van der Waals surface area contributed by atoms with Gasteiger partial charge in [-0.15, -0.1) is 0 Å². The first-order valence-corrected chi connectivity index (χ1v) is 12.4. The molecule has 1 aliphatic carbocycles. The van der Waals surface area contributed by atoms with E-state index in [0.29, 0.717) is 50.4 Å². The van der Waals surface area contributed by atoms with Gasteiger partial charge in [-0.05, 0) is 38.7 Å². The second-order valence-corrected chi connectivity index (χ2v) is 9.89.